The van der Waals surface area contributed by atoms with E-state index in [-0.39, 0.29) is 38.3 Å². The number of carbonyl (C=O) groups excluding carboxylic acids is 1. The van der Waals surface area contributed by atoms with Crippen LogP contribution in [0.1, 0.15) is 26.7 Å². The fourth-order valence-electron chi connectivity index (χ4n) is 2.70. The molecule has 1 aromatic rings. The minimum absolute atomic E-state index is 0.0363. The second-order valence-corrected chi connectivity index (χ2v) is 7.84. The SMILES string of the molecule is CCC(CC)NC(=O)N1CCN(S(=O)(=O)c2cc(F)ccc2F)CC1. The van der Waals surface area contributed by atoms with E-state index in [0.29, 0.717) is 6.07 Å². The Morgan fingerprint density at radius 2 is 1.76 bits per heavy atom. The molecule has 0 aliphatic carbocycles. The molecule has 0 atom stereocenters. The minimum Gasteiger partial charge on any atom is -0.335 e. The molecule has 1 N–H and O–H groups in total. The topological polar surface area (TPSA) is 69.7 Å². The average molecular weight is 375 g/mol. The van der Waals surface area contributed by atoms with Crippen LogP contribution in [0.5, 0.6) is 0 Å². The molecule has 6 nitrogen and oxygen atoms in total. The van der Waals surface area contributed by atoms with Crippen molar-refractivity contribution in [3.63, 3.8) is 0 Å². The molecular weight excluding hydrogens is 352 g/mol. The van der Waals surface area contributed by atoms with Crippen molar-refractivity contribution in [3.05, 3.63) is 29.8 Å². The van der Waals surface area contributed by atoms with Gasteiger partial charge in [-0.1, -0.05) is 13.8 Å². The third kappa shape index (κ3) is 4.46. The molecule has 0 spiro atoms. The maximum Gasteiger partial charge on any atom is 0.317 e. The van der Waals surface area contributed by atoms with Gasteiger partial charge in [0.15, 0.2) is 0 Å². The van der Waals surface area contributed by atoms with Gasteiger partial charge in [0.25, 0.3) is 0 Å². The van der Waals surface area contributed by atoms with Crippen LogP contribution in [0.3, 0.4) is 0 Å². The van der Waals surface area contributed by atoms with E-state index in [9.17, 15) is 22.0 Å². The van der Waals surface area contributed by atoms with Crippen molar-refractivity contribution in [1.29, 1.82) is 0 Å². The number of hydrogen-bond donors (Lipinski definition) is 1. The highest BCUT2D eigenvalue weighted by Crippen LogP contribution is 2.21. The lowest BCUT2D eigenvalue weighted by Crippen LogP contribution is -2.54. The molecule has 0 unspecified atom stereocenters. The Morgan fingerprint density at radius 3 is 2.32 bits per heavy atom. The van der Waals surface area contributed by atoms with Crippen LogP contribution in [0.4, 0.5) is 13.6 Å². The summed E-state index contributed by atoms with van der Waals surface area (Å²) in [6.07, 6.45) is 1.63. The van der Waals surface area contributed by atoms with E-state index in [1.54, 1.807) is 0 Å². The molecule has 1 fully saturated rings. The summed E-state index contributed by atoms with van der Waals surface area (Å²) in [5.74, 6) is -1.81. The second-order valence-electron chi connectivity index (χ2n) is 5.93. The largest absolute Gasteiger partial charge is 0.335 e. The Hall–Kier alpha value is -1.74. The van der Waals surface area contributed by atoms with E-state index in [1.807, 2.05) is 13.8 Å². The summed E-state index contributed by atoms with van der Waals surface area (Å²) >= 11 is 0. The van der Waals surface area contributed by atoms with Crippen LogP contribution in [0.2, 0.25) is 0 Å². The van der Waals surface area contributed by atoms with Gasteiger partial charge in [0.2, 0.25) is 10.0 Å². The number of halogens is 2. The molecule has 2 rings (SSSR count). The van der Waals surface area contributed by atoms with Crippen LogP contribution >= 0.6 is 0 Å². The smallest absolute Gasteiger partial charge is 0.317 e. The average Bonchev–Trinajstić information content (AvgIpc) is 2.61. The maximum atomic E-state index is 13.8. The van der Waals surface area contributed by atoms with Crippen LogP contribution in [-0.4, -0.2) is 55.9 Å². The number of nitrogens with zero attached hydrogens (tertiary/aromatic N) is 2. The van der Waals surface area contributed by atoms with E-state index in [2.05, 4.69) is 5.32 Å². The quantitative estimate of drug-likeness (QED) is 0.858. The summed E-state index contributed by atoms with van der Waals surface area (Å²) in [7, 11) is -4.14. The van der Waals surface area contributed by atoms with Gasteiger partial charge < -0.3 is 10.2 Å². The maximum absolute atomic E-state index is 13.8. The van der Waals surface area contributed by atoms with Crippen LogP contribution in [-0.2, 0) is 10.0 Å². The predicted octanol–water partition coefficient (Wildman–Crippen LogP) is 2.17. The van der Waals surface area contributed by atoms with Crippen molar-refractivity contribution in [2.75, 3.05) is 26.2 Å². The van der Waals surface area contributed by atoms with Gasteiger partial charge in [0.05, 0.1) is 0 Å². The molecule has 0 aromatic heterocycles. The summed E-state index contributed by atoms with van der Waals surface area (Å²) in [4.78, 5) is 13.0. The van der Waals surface area contributed by atoms with Crippen molar-refractivity contribution in [1.82, 2.24) is 14.5 Å². The number of sulfonamides is 1. The number of hydrogen-bond acceptors (Lipinski definition) is 3. The van der Waals surface area contributed by atoms with Gasteiger partial charge in [-0.05, 0) is 31.0 Å². The molecule has 1 aromatic carbocycles. The van der Waals surface area contributed by atoms with E-state index in [4.69, 9.17) is 0 Å². The molecule has 1 heterocycles. The lowest BCUT2D eigenvalue weighted by atomic mass is 10.2. The zero-order valence-corrected chi connectivity index (χ0v) is 15.2. The summed E-state index contributed by atoms with van der Waals surface area (Å²) < 4.78 is 53.2. The molecule has 25 heavy (non-hydrogen) atoms. The predicted molar refractivity (Wildman–Crippen MR) is 89.6 cm³/mol. The number of benzene rings is 1. The van der Waals surface area contributed by atoms with Gasteiger partial charge in [-0.3, -0.25) is 0 Å². The van der Waals surface area contributed by atoms with E-state index in [1.165, 1.54) is 4.90 Å². The highest BCUT2D eigenvalue weighted by molar-refractivity contribution is 7.89. The molecule has 2 amide bonds. The standard InChI is InChI=1S/C16H23F2N3O3S/c1-3-13(4-2)19-16(22)20-7-9-21(10-8-20)25(23,24)15-11-12(17)5-6-14(15)18/h5-6,11,13H,3-4,7-10H2,1-2H3,(H,19,22). The Kier molecular flexibility index (Phi) is 6.34. The van der Waals surface area contributed by atoms with Crippen LogP contribution in [0.15, 0.2) is 23.1 Å². The number of rotatable bonds is 5. The monoisotopic (exact) mass is 375 g/mol. The Balaban J connectivity index is 2.04. The first kappa shape index (κ1) is 19.6. The molecule has 1 aliphatic rings. The Labute approximate surface area is 146 Å². The number of amides is 2. The first-order chi connectivity index (χ1) is 11.8. The fourth-order valence-corrected chi connectivity index (χ4v) is 4.20. The van der Waals surface area contributed by atoms with Crippen molar-refractivity contribution in [2.45, 2.75) is 37.6 Å². The summed E-state index contributed by atoms with van der Waals surface area (Å²) in [6.45, 7) is 4.42. The van der Waals surface area contributed by atoms with Crippen LogP contribution < -0.4 is 5.32 Å². The third-order valence-corrected chi connectivity index (χ3v) is 6.26. The zero-order valence-electron chi connectivity index (χ0n) is 14.3. The fraction of sp³-hybridized carbons (Fsp3) is 0.562. The molecule has 1 saturated heterocycles. The Morgan fingerprint density at radius 1 is 1.16 bits per heavy atom. The highest BCUT2D eigenvalue weighted by Gasteiger charge is 2.32. The zero-order chi connectivity index (χ0) is 18.6. The minimum atomic E-state index is -4.14. The van der Waals surface area contributed by atoms with Crippen molar-refractivity contribution in [3.8, 4) is 0 Å². The summed E-state index contributed by atoms with van der Waals surface area (Å²) in [6, 6.07) is 2.19. The molecule has 140 valence electrons. The molecule has 0 bridgehead atoms. The first-order valence-corrected chi connectivity index (χ1v) is 9.74. The van der Waals surface area contributed by atoms with E-state index < -0.39 is 26.6 Å². The Bertz CT molecular complexity index is 715. The number of piperazine rings is 1. The van der Waals surface area contributed by atoms with Gasteiger partial charge in [-0.2, -0.15) is 4.31 Å². The third-order valence-electron chi connectivity index (χ3n) is 4.35. The summed E-state index contributed by atoms with van der Waals surface area (Å²) in [5, 5.41) is 2.90. The molecule has 9 heteroatoms. The van der Waals surface area contributed by atoms with Crippen molar-refractivity contribution < 1.29 is 22.0 Å². The molecule has 0 saturated carbocycles. The van der Waals surface area contributed by atoms with Gasteiger partial charge in [0.1, 0.15) is 16.5 Å². The highest BCUT2D eigenvalue weighted by atomic mass is 32.2. The van der Waals surface area contributed by atoms with Crippen LogP contribution in [0, 0.1) is 11.6 Å². The van der Waals surface area contributed by atoms with Crippen LogP contribution in [0.25, 0.3) is 0 Å². The van der Waals surface area contributed by atoms with Gasteiger partial charge in [-0.25, -0.2) is 22.0 Å². The van der Waals surface area contributed by atoms with E-state index >= 15 is 0 Å². The normalized spacial score (nSPS) is 16.3. The summed E-state index contributed by atoms with van der Waals surface area (Å²) in [5.41, 5.74) is 0. The molecular formula is C16H23F2N3O3S. The lowest BCUT2D eigenvalue weighted by molar-refractivity contribution is 0.168. The van der Waals surface area contributed by atoms with E-state index in [0.717, 1.165) is 29.3 Å². The number of urea groups is 1. The number of carbonyl (C=O) groups is 1. The molecule has 1 aliphatic heterocycles. The van der Waals surface area contributed by atoms with Crippen molar-refractivity contribution >= 4 is 16.1 Å². The molecule has 0 radical (unpaired) electrons. The van der Waals surface area contributed by atoms with Gasteiger partial charge in [-0.15, -0.1) is 0 Å². The lowest BCUT2D eigenvalue weighted by Gasteiger charge is -2.34. The van der Waals surface area contributed by atoms with Gasteiger partial charge in [0, 0.05) is 32.2 Å². The van der Waals surface area contributed by atoms with Gasteiger partial charge >= 0.3 is 6.03 Å². The second kappa shape index (κ2) is 8.09. The van der Waals surface area contributed by atoms with Crippen molar-refractivity contribution in [2.24, 2.45) is 0 Å². The first-order valence-electron chi connectivity index (χ1n) is 8.30. The number of nitrogens with one attached hydrogen (secondary N) is 1.